The number of hydrogen-bond donors (Lipinski definition) is 0. The van der Waals surface area contributed by atoms with Crippen molar-refractivity contribution in [3.63, 3.8) is 0 Å². The quantitative estimate of drug-likeness (QED) is 0.438. The third-order valence-electron chi connectivity index (χ3n) is 4.88. The lowest BCUT2D eigenvalue weighted by molar-refractivity contribution is 0.887. The number of rotatable bonds is 2. The van der Waals surface area contributed by atoms with Gasteiger partial charge in [-0.3, -0.25) is 0 Å². The van der Waals surface area contributed by atoms with Crippen LogP contribution in [0.4, 0.5) is 0 Å². The maximum Gasteiger partial charge on any atom is 0.185 e. The van der Waals surface area contributed by atoms with E-state index >= 15 is 0 Å². The van der Waals surface area contributed by atoms with Crippen LogP contribution in [0.3, 0.4) is 0 Å². The van der Waals surface area contributed by atoms with Gasteiger partial charge in [-0.05, 0) is 31.2 Å². The number of benzene rings is 1. The number of thiophene rings is 1. The molecular formula is C21H14N6S. The molecule has 28 heavy (non-hydrogen) atoms. The van der Waals surface area contributed by atoms with Crippen LogP contribution < -0.4 is 0 Å². The Morgan fingerprint density at radius 2 is 1.68 bits per heavy atom. The van der Waals surface area contributed by atoms with E-state index in [2.05, 4.69) is 40.7 Å². The van der Waals surface area contributed by atoms with Gasteiger partial charge >= 0.3 is 0 Å². The second-order valence-electron chi connectivity index (χ2n) is 6.63. The van der Waals surface area contributed by atoms with E-state index in [1.54, 1.807) is 11.3 Å². The van der Waals surface area contributed by atoms with Crippen molar-refractivity contribution < 1.29 is 0 Å². The van der Waals surface area contributed by atoms with Crippen LogP contribution >= 0.6 is 11.3 Å². The second kappa shape index (κ2) is 5.71. The van der Waals surface area contributed by atoms with Crippen LogP contribution in [-0.4, -0.2) is 29.2 Å². The first-order valence-electron chi connectivity index (χ1n) is 8.93. The fourth-order valence-electron chi connectivity index (χ4n) is 3.52. The van der Waals surface area contributed by atoms with Crippen LogP contribution in [0.2, 0.25) is 0 Å². The van der Waals surface area contributed by atoms with Crippen molar-refractivity contribution in [1.82, 2.24) is 29.2 Å². The number of hydrogen-bond acceptors (Lipinski definition) is 5. The second-order valence-corrected chi connectivity index (χ2v) is 7.72. The van der Waals surface area contributed by atoms with Crippen molar-refractivity contribution >= 4 is 33.4 Å². The Morgan fingerprint density at radius 1 is 0.857 bits per heavy atom. The summed E-state index contributed by atoms with van der Waals surface area (Å²) >= 11 is 1.69. The molecule has 0 aliphatic carbocycles. The zero-order chi connectivity index (χ0) is 18.7. The van der Waals surface area contributed by atoms with Gasteiger partial charge in [0.15, 0.2) is 11.5 Å². The molecule has 0 saturated carbocycles. The van der Waals surface area contributed by atoms with Crippen LogP contribution in [0.5, 0.6) is 0 Å². The number of aryl methyl sites for hydroxylation is 1. The summed E-state index contributed by atoms with van der Waals surface area (Å²) in [4.78, 5) is 6.95. The molecule has 5 heterocycles. The zero-order valence-corrected chi connectivity index (χ0v) is 15.8. The predicted molar refractivity (Wildman–Crippen MR) is 111 cm³/mol. The number of fused-ring (bicyclic) bond motifs is 4. The number of pyridine rings is 1. The SMILES string of the molecule is Cc1nnc2c3ccccc3c(-c3ccc(-c4cn5ccccc5n4)s3)nn12. The Hall–Kier alpha value is -3.58. The summed E-state index contributed by atoms with van der Waals surface area (Å²) in [5, 5.41) is 15.5. The van der Waals surface area contributed by atoms with E-state index in [4.69, 9.17) is 10.1 Å². The fourth-order valence-corrected chi connectivity index (χ4v) is 4.48. The van der Waals surface area contributed by atoms with Crippen molar-refractivity contribution in [3.8, 4) is 21.1 Å². The maximum absolute atomic E-state index is 4.86. The molecule has 7 heteroatoms. The normalized spacial score (nSPS) is 11.8. The minimum absolute atomic E-state index is 0.777. The lowest BCUT2D eigenvalue weighted by Gasteiger charge is -2.06. The van der Waals surface area contributed by atoms with Crippen LogP contribution in [0.25, 0.3) is 43.2 Å². The van der Waals surface area contributed by atoms with Crippen molar-refractivity contribution in [2.24, 2.45) is 0 Å². The highest BCUT2D eigenvalue weighted by atomic mass is 32.1. The lowest BCUT2D eigenvalue weighted by atomic mass is 10.1. The van der Waals surface area contributed by atoms with E-state index < -0.39 is 0 Å². The average Bonchev–Trinajstić information content (AvgIpc) is 3.45. The van der Waals surface area contributed by atoms with E-state index in [-0.39, 0.29) is 0 Å². The standard InChI is InChI=1S/C21H14N6S/c1-13-23-24-21-15-7-3-2-6-14(15)20(25-27(13)21)18-10-9-17(28-18)16-12-26-11-5-4-8-19(26)22-16/h2-12H,1H3. The molecule has 0 spiro atoms. The molecule has 6 rings (SSSR count). The van der Waals surface area contributed by atoms with Crippen molar-refractivity contribution in [1.29, 1.82) is 0 Å². The summed E-state index contributed by atoms with van der Waals surface area (Å²) in [5.74, 6) is 0.777. The van der Waals surface area contributed by atoms with E-state index in [0.29, 0.717) is 0 Å². The molecule has 0 aliphatic heterocycles. The third-order valence-corrected chi connectivity index (χ3v) is 5.99. The van der Waals surface area contributed by atoms with E-state index in [9.17, 15) is 0 Å². The summed E-state index contributed by atoms with van der Waals surface area (Å²) in [6.45, 7) is 1.92. The third kappa shape index (κ3) is 2.20. The molecular weight excluding hydrogens is 368 g/mol. The molecule has 0 bridgehead atoms. The fraction of sp³-hybridized carbons (Fsp3) is 0.0476. The van der Waals surface area contributed by atoms with E-state index in [1.165, 1.54) is 0 Å². The largest absolute Gasteiger partial charge is 0.306 e. The minimum atomic E-state index is 0.777. The highest BCUT2D eigenvalue weighted by Gasteiger charge is 2.16. The first kappa shape index (κ1) is 15.5. The topological polar surface area (TPSA) is 60.4 Å². The number of imidazole rings is 1. The molecule has 0 amide bonds. The highest BCUT2D eigenvalue weighted by Crippen LogP contribution is 2.37. The Labute approximate surface area is 163 Å². The summed E-state index contributed by atoms with van der Waals surface area (Å²) in [6.07, 6.45) is 4.07. The molecule has 6 nitrogen and oxygen atoms in total. The van der Waals surface area contributed by atoms with Gasteiger partial charge in [-0.1, -0.05) is 30.3 Å². The van der Waals surface area contributed by atoms with Crippen molar-refractivity contribution in [2.45, 2.75) is 6.92 Å². The van der Waals surface area contributed by atoms with Gasteiger partial charge in [0.2, 0.25) is 0 Å². The van der Waals surface area contributed by atoms with Gasteiger partial charge in [0, 0.05) is 23.2 Å². The maximum atomic E-state index is 4.86. The summed E-state index contributed by atoms with van der Waals surface area (Å²) < 4.78 is 3.86. The van der Waals surface area contributed by atoms with E-state index in [1.807, 2.05) is 52.4 Å². The molecule has 0 saturated heterocycles. The Kier molecular flexibility index (Phi) is 3.15. The highest BCUT2D eigenvalue weighted by molar-refractivity contribution is 7.18. The van der Waals surface area contributed by atoms with Crippen LogP contribution in [-0.2, 0) is 0 Å². The van der Waals surface area contributed by atoms with Gasteiger partial charge < -0.3 is 4.40 Å². The first-order valence-corrected chi connectivity index (χ1v) is 9.75. The molecule has 5 aromatic heterocycles. The molecule has 0 fully saturated rings. The first-order chi connectivity index (χ1) is 13.8. The Morgan fingerprint density at radius 3 is 2.57 bits per heavy atom. The van der Waals surface area contributed by atoms with Gasteiger partial charge in [0.05, 0.1) is 15.4 Å². The van der Waals surface area contributed by atoms with Gasteiger partial charge in [-0.2, -0.15) is 9.61 Å². The zero-order valence-electron chi connectivity index (χ0n) is 14.9. The van der Waals surface area contributed by atoms with Gasteiger partial charge in [0.1, 0.15) is 11.3 Å². The van der Waals surface area contributed by atoms with Crippen molar-refractivity contribution in [3.05, 3.63) is 72.8 Å². The number of nitrogens with zero attached hydrogens (tertiary/aromatic N) is 6. The van der Waals surface area contributed by atoms with Gasteiger partial charge in [-0.25, -0.2) is 4.98 Å². The monoisotopic (exact) mass is 382 g/mol. The Balaban J connectivity index is 1.56. The number of aromatic nitrogens is 6. The molecule has 0 radical (unpaired) electrons. The molecule has 0 aliphatic rings. The summed E-state index contributed by atoms with van der Waals surface area (Å²) in [7, 11) is 0. The van der Waals surface area contributed by atoms with Crippen LogP contribution in [0.1, 0.15) is 5.82 Å². The molecule has 0 N–H and O–H groups in total. The van der Waals surface area contributed by atoms with Crippen LogP contribution in [0.15, 0.2) is 67.0 Å². The summed E-state index contributed by atoms with van der Waals surface area (Å²) in [6, 6.07) is 18.5. The predicted octanol–water partition coefficient (Wildman–Crippen LogP) is 4.63. The van der Waals surface area contributed by atoms with Crippen LogP contribution in [0, 0.1) is 6.92 Å². The Bertz CT molecular complexity index is 1460. The molecule has 6 aromatic rings. The molecule has 0 atom stereocenters. The summed E-state index contributed by atoms with van der Waals surface area (Å²) in [5.41, 5.74) is 3.63. The molecule has 1 aromatic carbocycles. The smallest absolute Gasteiger partial charge is 0.185 e. The van der Waals surface area contributed by atoms with Gasteiger partial charge in [0.25, 0.3) is 0 Å². The molecule has 134 valence electrons. The minimum Gasteiger partial charge on any atom is -0.306 e. The molecule has 0 unspecified atom stereocenters. The van der Waals surface area contributed by atoms with E-state index in [0.717, 1.165) is 49.0 Å². The van der Waals surface area contributed by atoms with Gasteiger partial charge in [-0.15, -0.1) is 21.5 Å². The lowest BCUT2D eigenvalue weighted by Crippen LogP contribution is -1.98. The van der Waals surface area contributed by atoms with Crippen molar-refractivity contribution in [2.75, 3.05) is 0 Å². The average molecular weight is 382 g/mol.